The van der Waals surface area contributed by atoms with Crippen LogP contribution in [0.2, 0.25) is 5.02 Å². The molecule has 0 atom stereocenters. The quantitative estimate of drug-likeness (QED) is 0.558. The Kier molecular flexibility index (Phi) is 5.07. The monoisotopic (exact) mass is 418 g/mol. The first-order valence-corrected chi connectivity index (χ1v) is 10.0. The van der Waals surface area contributed by atoms with Gasteiger partial charge in [0, 0.05) is 22.7 Å². The molecule has 0 saturated heterocycles. The summed E-state index contributed by atoms with van der Waals surface area (Å²) in [6, 6.07) is 7.56. The zero-order valence-corrected chi connectivity index (χ0v) is 16.8. The van der Waals surface area contributed by atoms with Gasteiger partial charge in [-0.3, -0.25) is 4.79 Å². The zero-order valence-electron chi connectivity index (χ0n) is 16.0. The third kappa shape index (κ3) is 3.50. The Morgan fingerprint density at radius 1 is 1.17 bits per heavy atom. The second-order valence-electron chi connectivity index (χ2n) is 7.84. The van der Waals surface area contributed by atoms with Gasteiger partial charge in [-0.25, -0.2) is 13.8 Å². The molecule has 0 bridgehead atoms. The molecule has 1 fully saturated rings. The number of hydrogen-bond acceptors (Lipinski definition) is 2. The van der Waals surface area contributed by atoms with Crippen molar-refractivity contribution in [3.8, 4) is 11.4 Å². The van der Waals surface area contributed by atoms with Gasteiger partial charge in [-0.05, 0) is 43.5 Å². The van der Waals surface area contributed by atoms with Crippen molar-refractivity contribution in [2.45, 2.75) is 51.0 Å². The predicted octanol–water partition coefficient (Wildman–Crippen LogP) is 6.08. The van der Waals surface area contributed by atoms with Crippen LogP contribution in [0, 0.1) is 18.6 Å². The van der Waals surface area contributed by atoms with E-state index in [0.717, 1.165) is 42.5 Å². The number of carbonyl (C=O) groups is 1. The molecule has 4 nitrogen and oxygen atoms in total. The van der Waals surface area contributed by atoms with Gasteiger partial charge in [0.2, 0.25) is 0 Å². The van der Waals surface area contributed by atoms with E-state index in [1.165, 1.54) is 0 Å². The molecule has 1 aromatic heterocycles. The Morgan fingerprint density at radius 2 is 1.86 bits per heavy atom. The molecule has 1 N–H and O–H groups in total. The van der Waals surface area contributed by atoms with Crippen LogP contribution in [-0.4, -0.2) is 20.6 Å². The highest BCUT2D eigenvalue weighted by Crippen LogP contribution is 2.44. The summed E-state index contributed by atoms with van der Waals surface area (Å²) in [5, 5.41) is 10.2. The molecule has 152 valence electrons. The van der Waals surface area contributed by atoms with E-state index in [4.69, 9.17) is 11.6 Å². The highest BCUT2D eigenvalue weighted by atomic mass is 35.5. The average Bonchev–Trinajstić information content (AvgIpc) is 3.00. The van der Waals surface area contributed by atoms with Gasteiger partial charge in [0.05, 0.1) is 23.0 Å². The van der Waals surface area contributed by atoms with Gasteiger partial charge in [-0.1, -0.05) is 30.9 Å². The number of aryl methyl sites for hydroxylation is 1. The number of imidazole rings is 1. The molecular weight excluding hydrogens is 398 g/mol. The number of benzene rings is 2. The summed E-state index contributed by atoms with van der Waals surface area (Å²) in [6.07, 6.45) is 3.95. The number of halogens is 3. The van der Waals surface area contributed by atoms with Gasteiger partial charge in [0.15, 0.2) is 11.6 Å². The molecule has 4 rings (SSSR count). The Morgan fingerprint density at radius 3 is 2.52 bits per heavy atom. The van der Waals surface area contributed by atoms with E-state index < -0.39 is 23.1 Å². The zero-order chi connectivity index (χ0) is 20.8. The van der Waals surface area contributed by atoms with Crippen LogP contribution in [0.3, 0.4) is 0 Å². The van der Waals surface area contributed by atoms with Crippen LogP contribution in [0.4, 0.5) is 8.78 Å². The highest BCUT2D eigenvalue weighted by Gasteiger charge is 2.39. The lowest BCUT2D eigenvalue weighted by atomic mass is 9.78. The maximum atomic E-state index is 14.2. The van der Waals surface area contributed by atoms with Gasteiger partial charge in [-0.15, -0.1) is 0 Å². The standard InChI is InChI=1S/C22H21ClF2N2O2/c1-13-9-14(23)5-6-15(13)21-26-18-10-16(24)17(25)11-19(18)27(21)22(12-20(28)29)7-3-2-4-8-22/h5-6,9-11H,2-4,7-8,12H2,1H3,(H,28,29). The molecule has 0 aliphatic heterocycles. The molecule has 0 unspecified atom stereocenters. The largest absolute Gasteiger partial charge is 0.481 e. The molecule has 3 aromatic rings. The lowest BCUT2D eigenvalue weighted by Gasteiger charge is -2.39. The number of carboxylic acid groups (broad SMARTS) is 1. The third-order valence-corrected chi connectivity index (χ3v) is 6.10. The van der Waals surface area contributed by atoms with Gasteiger partial charge >= 0.3 is 5.97 Å². The van der Waals surface area contributed by atoms with Gasteiger partial charge in [-0.2, -0.15) is 0 Å². The first kappa shape index (κ1) is 19.8. The summed E-state index contributed by atoms with van der Waals surface area (Å²) in [5.74, 6) is -2.35. The molecule has 7 heteroatoms. The fraction of sp³-hybridized carbons (Fsp3) is 0.364. The van der Waals surface area contributed by atoms with Crippen LogP contribution in [0.5, 0.6) is 0 Å². The normalized spacial score (nSPS) is 16.3. The smallest absolute Gasteiger partial charge is 0.305 e. The van der Waals surface area contributed by atoms with E-state index in [9.17, 15) is 18.7 Å². The van der Waals surface area contributed by atoms with E-state index in [2.05, 4.69) is 4.98 Å². The second-order valence-corrected chi connectivity index (χ2v) is 8.28. The summed E-state index contributed by atoms with van der Waals surface area (Å²) in [4.78, 5) is 16.4. The topological polar surface area (TPSA) is 55.1 Å². The lowest BCUT2D eigenvalue weighted by molar-refractivity contribution is -0.139. The number of nitrogens with zero attached hydrogens (tertiary/aromatic N) is 2. The Bertz CT molecular complexity index is 1100. The first-order valence-electron chi connectivity index (χ1n) is 9.67. The molecule has 1 saturated carbocycles. The summed E-state index contributed by atoms with van der Waals surface area (Å²) < 4.78 is 30.0. The van der Waals surface area contributed by atoms with Crippen molar-refractivity contribution in [2.75, 3.05) is 0 Å². The van der Waals surface area contributed by atoms with E-state index >= 15 is 0 Å². The minimum atomic E-state index is -0.975. The Hall–Kier alpha value is -2.47. The first-order chi connectivity index (χ1) is 13.8. The minimum Gasteiger partial charge on any atom is -0.481 e. The van der Waals surface area contributed by atoms with Crippen molar-refractivity contribution in [1.82, 2.24) is 9.55 Å². The summed E-state index contributed by atoms with van der Waals surface area (Å²) >= 11 is 6.11. The van der Waals surface area contributed by atoms with E-state index in [-0.39, 0.29) is 6.42 Å². The summed E-state index contributed by atoms with van der Waals surface area (Å²) in [6.45, 7) is 1.89. The van der Waals surface area contributed by atoms with Crippen LogP contribution < -0.4 is 0 Å². The predicted molar refractivity (Wildman–Crippen MR) is 108 cm³/mol. The number of rotatable bonds is 4. The number of aliphatic carboxylic acids is 1. The van der Waals surface area contributed by atoms with Crippen LogP contribution in [0.15, 0.2) is 30.3 Å². The summed E-state index contributed by atoms with van der Waals surface area (Å²) in [7, 11) is 0. The molecule has 2 aromatic carbocycles. The fourth-order valence-corrected chi connectivity index (χ4v) is 4.81. The SMILES string of the molecule is Cc1cc(Cl)ccc1-c1nc2cc(F)c(F)cc2n1C1(CC(=O)O)CCCCC1. The Labute approximate surface area is 172 Å². The van der Waals surface area contributed by atoms with Crippen LogP contribution in [0.25, 0.3) is 22.4 Å². The van der Waals surface area contributed by atoms with E-state index in [1.54, 1.807) is 12.1 Å². The number of hydrogen-bond donors (Lipinski definition) is 1. The summed E-state index contributed by atoms with van der Waals surface area (Å²) in [5.41, 5.74) is 1.60. The fourth-order valence-electron chi connectivity index (χ4n) is 4.58. The molecular formula is C22H21ClF2N2O2. The lowest BCUT2D eigenvalue weighted by Crippen LogP contribution is -2.38. The van der Waals surface area contributed by atoms with E-state index in [0.29, 0.717) is 34.7 Å². The van der Waals surface area contributed by atoms with Gasteiger partial charge in [0.25, 0.3) is 0 Å². The molecule has 0 spiro atoms. The van der Waals surface area contributed by atoms with Crippen molar-refractivity contribution in [1.29, 1.82) is 0 Å². The average molecular weight is 419 g/mol. The number of fused-ring (bicyclic) bond motifs is 1. The maximum Gasteiger partial charge on any atom is 0.305 e. The van der Waals surface area contributed by atoms with Crippen LogP contribution in [0.1, 0.15) is 44.1 Å². The molecule has 0 amide bonds. The second kappa shape index (κ2) is 7.41. The molecule has 1 aliphatic rings. The number of carboxylic acids is 1. The highest BCUT2D eigenvalue weighted by molar-refractivity contribution is 6.30. The molecule has 1 aliphatic carbocycles. The van der Waals surface area contributed by atoms with Crippen LogP contribution >= 0.6 is 11.6 Å². The van der Waals surface area contributed by atoms with Gasteiger partial charge < -0.3 is 9.67 Å². The van der Waals surface area contributed by atoms with Crippen molar-refractivity contribution in [3.05, 3.63) is 52.6 Å². The van der Waals surface area contributed by atoms with E-state index in [1.807, 2.05) is 17.6 Å². The van der Waals surface area contributed by atoms with Crippen molar-refractivity contribution >= 4 is 28.6 Å². The molecule has 1 heterocycles. The molecule has 29 heavy (non-hydrogen) atoms. The third-order valence-electron chi connectivity index (χ3n) is 5.86. The minimum absolute atomic E-state index is 0.100. The van der Waals surface area contributed by atoms with Crippen LogP contribution in [-0.2, 0) is 10.3 Å². The Balaban J connectivity index is 2.06. The number of aromatic nitrogens is 2. The van der Waals surface area contributed by atoms with Gasteiger partial charge in [0.1, 0.15) is 5.82 Å². The van der Waals surface area contributed by atoms with Crippen molar-refractivity contribution in [3.63, 3.8) is 0 Å². The van der Waals surface area contributed by atoms with Crippen molar-refractivity contribution in [2.24, 2.45) is 0 Å². The molecule has 0 radical (unpaired) electrons. The van der Waals surface area contributed by atoms with Crippen molar-refractivity contribution < 1.29 is 18.7 Å². The maximum absolute atomic E-state index is 14.2.